The highest BCUT2D eigenvalue weighted by molar-refractivity contribution is 5.80. The standard InChI is InChI=1S/C20H25N3O2/c1-13-5-4-6-19(13)22-20(25)14(2)11-16-12-21-23(15(16)3)17-7-9-18(24)10-8-17/h7-10,12,14,24H,4-6,11H2,1-3H3,(H,22,25)/t14-/m1/s1. The van der Waals surface area contributed by atoms with Crippen LogP contribution in [-0.4, -0.2) is 20.8 Å². The smallest absolute Gasteiger partial charge is 0.227 e. The van der Waals surface area contributed by atoms with Crippen molar-refractivity contribution in [2.45, 2.75) is 46.5 Å². The molecule has 1 aromatic carbocycles. The van der Waals surface area contributed by atoms with Gasteiger partial charge in [0, 0.05) is 17.3 Å². The average molecular weight is 339 g/mol. The van der Waals surface area contributed by atoms with Crippen molar-refractivity contribution >= 4 is 5.91 Å². The summed E-state index contributed by atoms with van der Waals surface area (Å²) >= 11 is 0. The van der Waals surface area contributed by atoms with Crippen LogP contribution in [0.25, 0.3) is 5.69 Å². The lowest BCUT2D eigenvalue weighted by molar-refractivity contribution is -0.123. The molecule has 1 atom stereocenters. The molecular formula is C20H25N3O2. The number of hydrogen-bond acceptors (Lipinski definition) is 3. The molecular weight excluding hydrogens is 314 g/mol. The lowest BCUT2D eigenvalue weighted by Crippen LogP contribution is -2.29. The largest absolute Gasteiger partial charge is 0.508 e. The summed E-state index contributed by atoms with van der Waals surface area (Å²) < 4.78 is 1.84. The first-order valence-corrected chi connectivity index (χ1v) is 8.78. The van der Waals surface area contributed by atoms with Gasteiger partial charge in [0.15, 0.2) is 0 Å². The SMILES string of the molecule is CC1=C(NC(=O)[C@H](C)Cc2cnn(-c3ccc(O)cc3)c2C)CCC1. The van der Waals surface area contributed by atoms with E-state index in [1.807, 2.05) is 36.9 Å². The molecule has 1 aliphatic rings. The van der Waals surface area contributed by atoms with E-state index in [1.54, 1.807) is 12.1 Å². The number of nitrogens with zero attached hydrogens (tertiary/aromatic N) is 2. The molecule has 2 aromatic rings. The van der Waals surface area contributed by atoms with Crippen LogP contribution in [0.1, 0.15) is 44.4 Å². The predicted octanol–water partition coefficient (Wildman–Crippen LogP) is 3.64. The molecule has 1 heterocycles. The summed E-state index contributed by atoms with van der Waals surface area (Å²) in [7, 11) is 0. The Morgan fingerprint density at radius 3 is 2.64 bits per heavy atom. The zero-order valence-corrected chi connectivity index (χ0v) is 15.0. The van der Waals surface area contributed by atoms with Crippen LogP contribution in [0.3, 0.4) is 0 Å². The number of phenols is 1. The molecule has 0 radical (unpaired) electrons. The van der Waals surface area contributed by atoms with Crippen LogP contribution in [0.15, 0.2) is 41.7 Å². The topological polar surface area (TPSA) is 67.2 Å². The molecule has 0 saturated carbocycles. The number of amides is 1. The fourth-order valence-corrected chi connectivity index (χ4v) is 3.26. The van der Waals surface area contributed by atoms with Crippen LogP contribution < -0.4 is 5.32 Å². The van der Waals surface area contributed by atoms with Crippen molar-refractivity contribution in [2.24, 2.45) is 5.92 Å². The van der Waals surface area contributed by atoms with E-state index in [0.29, 0.717) is 6.42 Å². The molecule has 0 saturated heterocycles. The van der Waals surface area contributed by atoms with Crippen molar-refractivity contribution in [3.8, 4) is 11.4 Å². The molecule has 5 nitrogen and oxygen atoms in total. The van der Waals surface area contributed by atoms with Crippen LogP contribution in [0.4, 0.5) is 0 Å². The first-order valence-electron chi connectivity index (χ1n) is 8.78. The van der Waals surface area contributed by atoms with Gasteiger partial charge in [0.25, 0.3) is 0 Å². The number of rotatable bonds is 5. The highest BCUT2D eigenvalue weighted by atomic mass is 16.3. The first-order chi connectivity index (χ1) is 12.0. The third-order valence-electron chi connectivity index (χ3n) is 4.95. The molecule has 0 spiro atoms. The number of benzene rings is 1. The van der Waals surface area contributed by atoms with Crippen LogP contribution in [0.5, 0.6) is 5.75 Å². The molecule has 5 heteroatoms. The van der Waals surface area contributed by atoms with Crippen LogP contribution in [0.2, 0.25) is 0 Å². The minimum Gasteiger partial charge on any atom is -0.508 e. The van der Waals surface area contributed by atoms with E-state index < -0.39 is 0 Å². The Morgan fingerprint density at radius 2 is 2.00 bits per heavy atom. The summed E-state index contributed by atoms with van der Waals surface area (Å²) in [6, 6.07) is 6.93. The number of carbonyl (C=O) groups excluding carboxylic acids is 1. The van der Waals surface area contributed by atoms with Gasteiger partial charge in [-0.25, -0.2) is 4.68 Å². The molecule has 1 amide bonds. The Bertz CT molecular complexity index is 803. The van der Waals surface area contributed by atoms with Crippen molar-refractivity contribution in [1.29, 1.82) is 0 Å². The lowest BCUT2D eigenvalue weighted by atomic mass is 10.0. The highest BCUT2D eigenvalue weighted by Crippen LogP contribution is 2.24. The summed E-state index contributed by atoms with van der Waals surface area (Å²) in [5, 5.41) is 17.0. The zero-order chi connectivity index (χ0) is 18.0. The molecule has 1 aromatic heterocycles. The maximum Gasteiger partial charge on any atom is 0.227 e. The second kappa shape index (κ2) is 7.13. The van der Waals surface area contributed by atoms with E-state index in [4.69, 9.17) is 0 Å². The van der Waals surface area contributed by atoms with Gasteiger partial charge < -0.3 is 10.4 Å². The van der Waals surface area contributed by atoms with Crippen molar-refractivity contribution in [3.05, 3.63) is 53.0 Å². The van der Waals surface area contributed by atoms with Crippen molar-refractivity contribution in [1.82, 2.24) is 15.1 Å². The van der Waals surface area contributed by atoms with Gasteiger partial charge in [-0.1, -0.05) is 12.5 Å². The fraction of sp³-hybridized carbons (Fsp3) is 0.400. The van der Waals surface area contributed by atoms with Gasteiger partial charge in [-0.2, -0.15) is 5.10 Å². The number of carbonyl (C=O) groups is 1. The number of hydrogen-bond donors (Lipinski definition) is 2. The summed E-state index contributed by atoms with van der Waals surface area (Å²) in [6.07, 6.45) is 5.67. The number of nitrogens with one attached hydrogen (secondary N) is 1. The van der Waals surface area contributed by atoms with Gasteiger partial charge in [-0.15, -0.1) is 0 Å². The number of aromatic hydroxyl groups is 1. The third kappa shape index (κ3) is 3.76. The lowest BCUT2D eigenvalue weighted by Gasteiger charge is -2.14. The van der Waals surface area contributed by atoms with Crippen molar-refractivity contribution in [2.75, 3.05) is 0 Å². The minimum atomic E-state index is -0.114. The molecule has 2 N–H and O–H groups in total. The number of phenolic OH excluding ortho intramolecular Hbond substituents is 1. The Hall–Kier alpha value is -2.56. The molecule has 1 aliphatic carbocycles. The maximum atomic E-state index is 12.5. The van der Waals surface area contributed by atoms with Gasteiger partial charge in [0.2, 0.25) is 5.91 Å². The van der Waals surface area contributed by atoms with Gasteiger partial charge in [0.05, 0.1) is 11.9 Å². The second-order valence-electron chi connectivity index (χ2n) is 6.89. The predicted molar refractivity (Wildman–Crippen MR) is 97.5 cm³/mol. The van der Waals surface area contributed by atoms with Crippen LogP contribution >= 0.6 is 0 Å². The van der Waals surface area contributed by atoms with E-state index in [1.165, 1.54) is 5.57 Å². The van der Waals surface area contributed by atoms with E-state index in [-0.39, 0.29) is 17.6 Å². The Kier molecular flexibility index (Phi) is 4.93. The van der Waals surface area contributed by atoms with Crippen LogP contribution in [-0.2, 0) is 11.2 Å². The first kappa shape index (κ1) is 17.3. The zero-order valence-electron chi connectivity index (χ0n) is 15.0. The maximum absolute atomic E-state index is 12.5. The Labute approximate surface area is 148 Å². The molecule has 132 valence electrons. The summed E-state index contributed by atoms with van der Waals surface area (Å²) in [5.41, 5.74) is 5.38. The summed E-state index contributed by atoms with van der Waals surface area (Å²) in [6.45, 7) is 6.06. The van der Waals surface area contributed by atoms with Crippen LogP contribution in [0, 0.1) is 12.8 Å². The molecule has 25 heavy (non-hydrogen) atoms. The molecule has 0 fully saturated rings. The van der Waals surface area contributed by atoms with Gasteiger partial charge >= 0.3 is 0 Å². The molecule has 0 bridgehead atoms. The molecule has 3 rings (SSSR count). The van der Waals surface area contributed by atoms with E-state index in [0.717, 1.165) is 41.9 Å². The van der Waals surface area contributed by atoms with Gasteiger partial charge in [-0.05, 0) is 69.4 Å². The fourth-order valence-electron chi connectivity index (χ4n) is 3.26. The summed E-state index contributed by atoms with van der Waals surface area (Å²) in [4.78, 5) is 12.5. The van der Waals surface area contributed by atoms with Gasteiger partial charge in [0.1, 0.15) is 5.75 Å². The van der Waals surface area contributed by atoms with E-state index in [9.17, 15) is 9.90 Å². The minimum absolute atomic E-state index is 0.0769. The highest BCUT2D eigenvalue weighted by Gasteiger charge is 2.20. The van der Waals surface area contributed by atoms with E-state index >= 15 is 0 Å². The quantitative estimate of drug-likeness (QED) is 0.874. The van der Waals surface area contributed by atoms with Gasteiger partial charge in [-0.3, -0.25) is 4.79 Å². The second-order valence-corrected chi connectivity index (χ2v) is 6.89. The number of allylic oxidation sites excluding steroid dienone is 2. The Balaban J connectivity index is 1.69. The van der Waals surface area contributed by atoms with E-state index in [2.05, 4.69) is 17.3 Å². The monoisotopic (exact) mass is 339 g/mol. The molecule has 0 aliphatic heterocycles. The van der Waals surface area contributed by atoms with Crippen molar-refractivity contribution < 1.29 is 9.90 Å². The third-order valence-corrected chi connectivity index (χ3v) is 4.95. The average Bonchev–Trinajstić information content (AvgIpc) is 3.15. The number of aromatic nitrogens is 2. The normalized spacial score (nSPS) is 15.5. The van der Waals surface area contributed by atoms with Crippen molar-refractivity contribution in [3.63, 3.8) is 0 Å². The summed E-state index contributed by atoms with van der Waals surface area (Å²) in [5.74, 6) is 0.195. The molecule has 0 unspecified atom stereocenters. The Morgan fingerprint density at radius 1 is 1.28 bits per heavy atom.